The maximum absolute atomic E-state index is 13.2. The second-order valence-corrected chi connectivity index (χ2v) is 13.7. The second kappa shape index (κ2) is 14.9. The SMILES string of the molecule is CC(C)C[C@H](NC(=O)CCCCC1CCCCC1)C(=O)N[C@H]1CC[C@@H](C)N(S(=O)(=O)c2cccc[n+]2[O-])CC1=O. The Labute approximate surface area is 238 Å². The van der Waals surface area contributed by atoms with Crippen molar-refractivity contribution < 1.29 is 27.5 Å². The topological polar surface area (TPSA) is 140 Å². The fourth-order valence-electron chi connectivity index (χ4n) is 5.78. The number of hydrogen-bond acceptors (Lipinski definition) is 6. The van der Waals surface area contributed by atoms with E-state index in [0.717, 1.165) is 35.7 Å². The predicted molar refractivity (Wildman–Crippen MR) is 151 cm³/mol. The van der Waals surface area contributed by atoms with E-state index in [0.29, 0.717) is 19.3 Å². The van der Waals surface area contributed by atoms with E-state index in [-0.39, 0.29) is 23.0 Å². The van der Waals surface area contributed by atoms with Crippen LogP contribution in [0.4, 0.5) is 0 Å². The minimum absolute atomic E-state index is 0.137. The molecule has 1 saturated heterocycles. The van der Waals surface area contributed by atoms with Crippen LogP contribution in [-0.4, -0.2) is 55.0 Å². The number of aromatic nitrogens is 1. The summed E-state index contributed by atoms with van der Waals surface area (Å²) in [6, 6.07) is 1.89. The smallest absolute Gasteiger partial charge is 0.323 e. The minimum Gasteiger partial charge on any atom is -0.618 e. The lowest BCUT2D eigenvalue weighted by atomic mass is 9.85. The number of hydrogen-bond donors (Lipinski definition) is 2. The first-order valence-electron chi connectivity index (χ1n) is 14.8. The average molecular weight is 579 g/mol. The number of sulfonamides is 1. The summed E-state index contributed by atoms with van der Waals surface area (Å²) < 4.78 is 27.7. The van der Waals surface area contributed by atoms with Gasteiger partial charge in [0.1, 0.15) is 6.04 Å². The molecule has 11 heteroatoms. The van der Waals surface area contributed by atoms with Crippen molar-refractivity contribution in [3.8, 4) is 0 Å². The van der Waals surface area contributed by atoms with E-state index < -0.39 is 51.4 Å². The lowest BCUT2D eigenvalue weighted by Gasteiger charge is -2.24. The average Bonchev–Trinajstić information content (AvgIpc) is 3.05. The van der Waals surface area contributed by atoms with E-state index >= 15 is 0 Å². The fraction of sp³-hybridized carbons (Fsp3) is 0.724. The van der Waals surface area contributed by atoms with Crippen molar-refractivity contribution in [3.63, 3.8) is 0 Å². The van der Waals surface area contributed by atoms with Gasteiger partial charge in [0, 0.05) is 24.6 Å². The molecule has 1 saturated carbocycles. The van der Waals surface area contributed by atoms with Crippen LogP contribution in [0.3, 0.4) is 0 Å². The summed E-state index contributed by atoms with van der Waals surface area (Å²) >= 11 is 0. The van der Waals surface area contributed by atoms with Crippen LogP contribution in [0.5, 0.6) is 0 Å². The molecule has 2 N–H and O–H groups in total. The van der Waals surface area contributed by atoms with E-state index in [1.165, 1.54) is 50.3 Å². The summed E-state index contributed by atoms with van der Waals surface area (Å²) in [5.41, 5.74) is 0. The number of ketones is 1. The zero-order valence-electron chi connectivity index (χ0n) is 24.1. The molecule has 3 atom stereocenters. The molecule has 0 unspecified atom stereocenters. The predicted octanol–water partition coefficient (Wildman–Crippen LogP) is 3.22. The Kier molecular flexibility index (Phi) is 11.9. The van der Waals surface area contributed by atoms with Gasteiger partial charge in [-0.1, -0.05) is 58.8 Å². The highest BCUT2D eigenvalue weighted by atomic mass is 32.2. The molecule has 1 aliphatic heterocycles. The molecule has 224 valence electrons. The first-order valence-corrected chi connectivity index (χ1v) is 16.3. The second-order valence-electron chi connectivity index (χ2n) is 11.9. The lowest BCUT2D eigenvalue weighted by Crippen LogP contribution is -2.53. The number of carbonyl (C=O) groups excluding carboxylic acids is 3. The van der Waals surface area contributed by atoms with Crippen LogP contribution >= 0.6 is 0 Å². The molecule has 1 aromatic rings. The standard InChI is InChI=1S/C29H46N4O6S/c1-21(2)19-25(30-27(35)14-8-7-13-23-11-5-4-6-12-23)29(36)31-24-17-16-22(3)33(20-26(24)34)40(38,39)28-15-9-10-18-32(28)37/h9-10,15,18,21-25H,4-8,11-14,16-17,19-20H2,1-3H3,(H,30,35)(H,31,36)/t22-,24+,25+/m1/s1. The van der Waals surface area contributed by atoms with Gasteiger partial charge in [-0.05, 0) is 50.5 Å². The van der Waals surface area contributed by atoms with Gasteiger partial charge in [0.25, 0.3) is 0 Å². The molecule has 0 spiro atoms. The third kappa shape index (κ3) is 8.99. The highest BCUT2D eigenvalue weighted by molar-refractivity contribution is 7.89. The van der Waals surface area contributed by atoms with Crippen LogP contribution in [0, 0.1) is 17.0 Å². The molecule has 10 nitrogen and oxygen atoms in total. The lowest BCUT2D eigenvalue weighted by molar-refractivity contribution is -0.646. The van der Waals surface area contributed by atoms with Gasteiger partial charge in [0.05, 0.1) is 12.6 Å². The number of rotatable bonds is 12. The minimum atomic E-state index is -4.22. The van der Waals surface area contributed by atoms with Crippen LogP contribution in [0.1, 0.15) is 97.8 Å². The summed E-state index contributed by atoms with van der Waals surface area (Å²) in [6.07, 6.45) is 11.9. The Balaban J connectivity index is 1.57. The Morgan fingerprint density at radius 3 is 2.50 bits per heavy atom. The summed E-state index contributed by atoms with van der Waals surface area (Å²) in [6.45, 7) is 5.15. The monoisotopic (exact) mass is 578 g/mol. The summed E-state index contributed by atoms with van der Waals surface area (Å²) in [4.78, 5) is 39.1. The number of pyridine rings is 1. The van der Waals surface area contributed by atoms with Gasteiger partial charge >= 0.3 is 15.0 Å². The Bertz CT molecular complexity index is 1120. The van der Waals surface area contributed by atoms with Crippen LogP contribution < -0.4 is 15.4 Å². The molecular weight excluding hydrogens is 532 g/mol. The van der Waals surface area contributed by atoms with Crippen molar-refractivity contribution in [2.45, 2.75) is 121 Å². The van der Waals surface area contributed by atoms with Gasteiger partial charge in [-0.25, -0.2) is 8.42 Å². The Morgan fingerprint density at radius 1 is 1.10 bits per heavy atom. The van der Waals surface area contributed by atoms with Crippen molar-refractivity contribution in [2.75, 3.05) is 6.54 Å². The first-order chi connectivity index (χ1) is 19.0. The third-order valence-electron chi connectivity index (χ3n) is 8.09. The van der Waals surface area contributed by atoms with Gasteiger partial charge < -0.3 is 15.8 Å². The van der Waals surface area contributed by atoms with E-state index in [4.69, 9.17) is 0 Å². The third-order valence-corrected chi connectivity index (χ3v) is 10.0. The number of nitrogens with one attached hydrogen (secondary N) is 2. The summed E-state index contributed by atoms with van der Waals surface area (Å²) in [7, 11) is -4.22. The van der Waals surface area contributed by atoms with E-state index in [1.54, 1.807) is 6.92 Å². The molecule has 1 aromatic heterocycles. The van der Waals surface area contributed by atoms with Gasteiger partial charge in [0.2, 0.25) is 11.8 Å². The molecule has 3 rings (SSSR count). The van der Waals surface area contributed by atoms with Gasteiger partial charge in [-0.3, -0.25) is 14.4 Å². The maximum Gasteiger partial charge on any atom is 0.323 e. The van der Waals surface area contributed by atoms with Crippen LogP contribution in [0.25, 0.3) is 0 Å². The van der Waals surface area contributed by atoms with Crippen molar-refractivity contribution in [3.05, 3.63) is 29.6 Å². The molecular formula is C29H46N4O6S. The van der Waals surface area contributed by atoms with Crippen molar-refractivity contribution in [1.29, 1.82) is 0 Å². The zero-order valence-corrected chi connectivity index (χ0v) is 25.0. The van der Waals surface area contributed by atoms with E-state index in [1.807, 2.05) is 13.8 Å². The van der Waals surface area contributed by atoms with Crippen molar-refractivity contribution in [1.82, 2.24) is 14.9 Å². The van der Waals surface area contributed by atoms with Gasteiger partial charge in [-0.15, -0.1) is 0 Å². The Hall–Kier alpha value is -2.53. The van der Waals surface area contributed by atoms with Gasteiger partial charge in [0.15, 0.2) is 12.0 Å². The zero-order chi connectivity index (χ0) is 29.3. The van der Waals surface area contributed by atoms with Crippen LogP contribution in [-0.2, 0) is 24.4 Å². The molecule has 1 aliphatic carbocycles. The molecule has 0 aromatic carbocycles. The fourth-order valence-corrected chi connectivity index (χ4v) is 7.43. The highest BCUT2D eigenvalue weighted by Gasteiger charge is 2.40. The van der Waals surface area contributed by atoms with E-state index in [9.17, 15) is 28.0 Å². The normalized spacial score (nSPS) is 22.1. The summed E-state index contributed by atoms with van der Waals surface area (Å²) in [5, 5.41) is 17.3. The number of nitrogens with zero attached hydrogens (tertiary/aromatic N) is 2. The van der Waals surface area contributed by atoms with E-state index in [2.05, 4.69) is 10.6 Å². The number of Topliss-reactive ketones (excluding diaryl/α,β-unsaturated/α-hetero) is 1. The van der Waals surface area contributed by atoms with Crippen LogP contribution in [0.2, 0.25) is 0 Å². The summed E-state index contributed by atoms with van der Waals surface area (Å²) in [5.74, 6) is -0.149. The highest BCUT2D eigenvalue weighted by Crippen LogP contribution is 2.28. The molecule has 2 heterocycles. The number of unbranched alkanes of at least 4 members (excludes halogenated alkanes) is 1. The van der Waals surface area contributed by atoms with Crippen LogP contribution in [0.15, 0.2) is 29.4 Å². The largest absolute Gasteiger partial charge is 0.618 e. The van der Waals surface area contributed by atoms with Crippen molar-refractivity contribution in [2.24, 2.45) is 11.8 Å². The van der Waals surface area contributed by atoms with Crippen molar-refractivity contribution >= 4 is 27.6 Å². The van der Waals surface area contributed by atoms with Gasteiger partial charge in [-0.2, -0.15) is 9.04 Å². The molecule has 0 bridgehead atoms. The molecule has 2 aliphatic rings. The quantitative estimate of drug-likeness (QED) is 0.222. The molecule has 40 heavy (non-hydrogen) atoms. The Morgan fingerprint density at radius 2 is 1.82 bits per heavy atom. The maximum atomic E-state index is 13.2. The molecule has 2 fully saturated rings. The number of carbonyl (C=O) groups is 3. The first kappa shape index (κ1) is 32.0. The molecule has 0 radical (unpaired) electrons. The molecule has 2 amide bonds. The number of amides is 2.